The van der Waals surface area contributed by atoms with Gasteiger partial charge in [0, 0.05) is 58.5 Å². The number of nitrogens with zero attached hydrogens (tertiary/aromatic N) is 2. The van der Waals surface area contributed by atoms with Crippen LogP contribution in [0.2, 0.25) is 0 Å². The Morgan fingerprint density at radius 2 is 1.70 bits per heavy atom. The van der Waals surface area contributed by atoms with E-state index in [0.717, 1.165) is 90.4 Å². The lowest BCUT2D eigenvalue weighted by molar-refractivity contribution is -0.113. The number of aliphatic hydroxyl groups is 2. The number of nitrogens with one attached hydrogen (secondary N) is 3. The highest BCUT2D eigenvalue weighted by atomic mass is 16.5. The number of piperidine rings is 1. The Morgan fingerprint density at radius 3 is 2.28 bits per heavy atom. The Kier molecular flexibility index (Phi) is 17.7. The maximum absolute atomic E-state index is 12.2. The van der Waals surface area contributed by atoms with Gasteiger partial charge in [-0.3, -0.25) is 15.1 Å². The molecule has 0 aromatic carbocycles. The Balaban J connectivity index is 1.63. The molecule has 2 saturated heterocycles. The first-order valence-electron chi connectivity index (χ1n) is 19.2. The van der Waals surface area contributed by atoms with E-state index >= 15 is 0 Å². The predicted octanol–water partition coefficient (Wildman–Crippen LogP) is 4.97. The fourth-order valence-corrected chi connectivity index (χ4v) is 8.01. The zero-order valence-electron chi connectivity index (χ0n) is 31.1. The zero-order valence-corrected chi connectivity index (χ0v) is 31.1. The number of ether oxygens (including phenoxy) is 2. The van der Waals surface area contributed by atoms with Gasteiger partial charge in [0.2, 0.25) is 0 Å². The van der Waals surface area contributed by atoms with Crippen molar-refractivity contribution < 1.29 is 19.7 Å². The molecule has 5 N–H and O–H groups in total. The van der Waals surface area contributed by atoms with Crippen LogP contribution in [0.25, 0.3) is 0 Å². The van der Waals surface area contributed by atoms with E-state index in [2.05, 4.69) is 74.2 Å². The summed E-state index contributed by atoms with van der Waals surface area (Å²) in [5.74, 6) is 1.30. The van der Waals surface area contributed by atoms with E-state index in [1.54, 1.807) is 7.11 Å². The highest BCUT2D eigenvalue weighted by Crippen LogP contribution is 2.31. The Morgan fingerprint density at radius 1 is 1.00 bits per heavy atom. The minimum atomic E-state index is -0.611. The lowest BCUT2D eigenvalue weighted by Crippen LogP contribution is -2.70. The van der Waals surface area contributed by atoms with E-state index in [0.29, 0.717) is 12.0 Å². The molecule has 1 aliphatic carbocycles. The van der Waals surface area contributed by atoms with E-state index in [1.807, 2.05) is 0 Å². The number of methoxy groups -OCH3 is 1. The van der Waals surface area contributed by atoms with Gasteiger partial charge in [-0.2, -0.15) is 0 Å². The monoisotopic (exact) mass is 654 g/mol. The molecule has 0 amide bonds. The van der Waals surface area contributed by atoms with Crippen LogP contribution in [0.5, 0.6) is 0 Å². The lowest BCUT2D eigenvalue weighted by Gasteiger charge is -2.49. The molecule has 4 unspecified atom stereocenters. The van der Waals surface area contributed by atoms with Gasteiger partial charge in [-0.15, -0.1) is 0 Å². The minimum absolute atomic E-state index is 0.0151. The quantitative estimate of drug-likeness (QED) is 0.0978. The molecule has 0 aromatic heterocycles. The van der Waals surface area contributed by atoms with E-state index in [-0.39, 0.29) is 35.6 Å². The molecule has 46 heavy (non-hydrogen) atoms. The third-order valence-corrected chi connectivity index (χ3v) is 11.0. The Labute approximate surface area is 283 Å². The molecule has 9 heteroatoms. The van der Waals surface area contributed by atoms with E-state index in [1.165, 1.54) is 32.1 Å². The topological polar surface area (TPSA) is 101 Å². The predicted molar refractivity (Wildman–Crippen MR) is 189 cm³/mol. The van der Waals surface area contributed by atoms with E-state index in [9.17, 15) is 10.2 Å². The molecule has 272 valence electrons. The fourth-order valence-electron chi connectivity index (χ4n) is 8.01. The Hall–Kier alpha value is -0.360. The molecular formula is C37H75N5O4. The second-order valence-electron chi connectivity index (χ2n) is 16.3. The van der Waals surface area contributed by atoms with Crippen LogP contribution in [0.15, 0.2) is 0 Å². The first-order valence-corrected chi connectivity index (χ1v) is 19.2. The van der Waals surface area contributed by atoms with Crippen LogP contribution in [0, 0.1) is 29.1 Å². The highest BCUT2D eigenvalue weighted by molar-refractivity contribution is 4.94. The van der Waals surface area contributed by atoms with Crippen molar-refractivity contribution in [3.05, 3.63) is 0 Å². The van der Waals surface area contributed by atoms with Gasteiger partial charge in [-0.1, -0.05) is 67.7 Å². The van der Waals surface area contributed by atoms with Crippen molar-refractivity contribution in [2.24, 2.45) is 29.1 Å². The number of rotatable bonds is 19. The summed E-state index contributed by atoms with van der Waals surface area (Å²) in [5, 5.41) is 35.1. The summed E-state index contributed by atoms with van der Waals surface area (Å²) in [5.41, 5.74) is 0.0480. The molecule has 0 aromatic rings. The van der Waals surface area contributed by atoms with Crippen LogP contribution >= 0.6 is 0 Å². The standard InChI is InChI=1S/C37H75N5O4/c1-9-29(34(43)41-20-17-31(18-21-41)46-26-28-15-12-11-13-16-28)23-30(10-2)42(25-27(3)4)35(44)32-24-39-36(37(5,6)7)40-33(32)38-19-14-22-45-8/h27-36,38-40,43-44H,9-26H2,1-8H3/t29-,30+,32?,33?,34?,35?,36+/m0/s1. The van der Waals surface area contributed by atoms with E-state index < -0.39 is 12.5 Å². The van der Waals surface area contributed by atoms with Gasteiger partial charge in [0.25, 0.3) is 0 Å². The molecule has 2 aliphatic heterocycles. The van der Waals surface area contributed by atoms with E-state index in [4.69, 9.17) is 9.47 Å². The van der Waals surface area contributed by atoms with Gasteiger partial charge in [0.05, 0.1) is 18.4 Å². The molecule has 7 atom stereocenters. The van der Waals surface area contributed by atoms with Gasteiger partial charge < -0.3 is 30.3 Å². The van der Waals surface area contributed by atoms with Crippen molar-refractivity contribution in [3.63, 3.8) is 0 Å². The maximum Gasteiger partial charge on any atom is 0.114 e. The SMILES string of the molecule is CC[C@@H](C[C@@H](CC)N(CC(C)C)C(O)C1CN[C@@H](C(C)(C)C)NC1NCCCOC)C(O)N1CCC(OCC2CCCCC2)CC1. The number of likely N-dealkylation sites (tertiary alicyclic amines) is 1. The molecular weight excluding hydrogens is 578 g/mol. The average Bonchev–Trinajstić information content (AvgIpc) is 3.05. The smallest absolute Gasteiger partial charge is 0.114 e. The maximum atomic E-state index is 12.2. The molecule has 0 radical (unpaired) electrons. The van der Waals surface area contributed by atoms with Crippen LogP contribution in [0.4, 0.5) is 0 Å². The van der Waals surface area contributed by atoms with Gasteiger partial charge >= 0.3 is 0 Å². The second-order valence-corrected chi connectivity index (χ2v) is 16.3. The summed E-state index contributed by atoms with van der Waals surface area (Å²) in [4.78, 5) is 4.66. The summed E-state index contributed by atoms with van der Waals surface area (Å²) in [6, 6.07) is 0.183. The van der Waals surface area contributed by atoms with Crippen molar-refractivity contribution in [2.45, 2.75) is 156 Å². The van der Waals surface area contributed by atoms with Gasteiger partial charge in [0.15, 0.2) is 0 Å². The molecule has 2 heterocycles. The summed E-state index contributed by atoms with van der Waals surface area (Å²) in [6.07, 6.45) is 11.8. The van der Waals surface area contributed by atoms with Crippen LogP contribution in [-0.4, -0.2) is 110 Å². The van der Waals surface area contributed by atoms with Crippen LogP contribution in [-0.2, 0) is 9.47 Å². The normalized spacial score (nSPS) is 27.3. The van der Waals surface area contributed by atoms with Crippen molar-refractivity contribution >= 4 is 0 Å². The van der Waals surface area contributed by atoms with Gasteiger partial charge in [-0.05, 0) is 81.1 Å². The summed E-state index contributed by atoms with van der Waals surface area (Å²) < 4.78 is 11.7. The van der Waals surface area contributed by atoms with Crippen molar-refractivity contribution in [1.82, 2.24) is 25.8 Å². The van der Waals surface area contributed by atoms with Crippen LogP contribution in [0.1, 0.15) is 119 Å². The molecule has 3 fully saturated rings. The van der Waals surface area contributed by atoms with Gasteiger partial charge in [0.1, 0.15) is 12.5 Å². The van der Waals surface area contributed by atoms with Crippen molar-refractivity contribution in [1.29, 1.82) is 0 Å². The van der Waals surface area contributed by atoms with Crippen molar-refractivity contribution in [3.8, 4) is 0 Å². The van der Waals surface area contributed by atoms with Crippen molar-refractivity contribution in [2.75, 3.05) is 53.0 Å². The minimum Gasteiger partial charge on any atom is -0.385 e. The van der Waals surface area contributed by atoms with Crippen LogP contribution in [0.3, 0.4) is 0 Å². The number of hydrogen-bond donors (Lipinski definition) is 5. The zero-order chi connectivity index (χ0) is 33.7. The lowest BCUT2D eigenvalue weighted by atomic mass is 9.87. The first kappa shape index (κ1) is 40.1. The molecule has 3 rings (SSSR count). The van der Waals surface area contributed by atoms with Crippen LogP contribution < -0.4 is 16.0 Å². The largest absolute Gasteiger partial charge is 0.385 e. The third-order valence-electron chi connectivity index (χ3n) is 11.0. The van der Waals surface area contributed by atoms with Gasteiger partial charge in [-0.25, -0.2) is 0 Å². The summed E-state index contributed by atoms with van der Waals surface area (Å²) in [7, 11) is 1.75. The molecule has 0 spiro atoms. The third kappa shape index (κ3) is 12.5. The average molecular weight is 654 g/mol. The summed E-state index contributed by atoms with van der Waals surface area (Å²) >= 11 is 0. The first-order chi connectivity index (χ1) is 22.0. The molecule has 0 bridgehead atoms. The highest BCUT2D eigenvalue weighted by Gasteiger charge is 2.42. The fraction of sp³-hybridized carbons (Fsp3) is 1.00. The molecule has 9 nitrogen and oxygen atoms in total. The number of aliphatic hydroxyl groups excluding tert-OH is 2. The summed E-state index contributed by atoms with van der Waals surface area (Å²) in [6.45, 7) is 21.5. The number of hydrogen-bond acceptors (Lipinski definition) is 9. The molecule has 3 aliphatic rings. The second kappa shape index (κ2) is 20.3. The molecule has 1 saturated carbocycles. The Bertz CT molecular complexity index is 799.